The molecule has 0 unspecified atom stereocenters. The van der Waals surface area contributed by atoms with E-state index in [2.05, 4.69) is 10.2 Å². The summed E-state index contributed by atoms with van der Waals surface area (Å²) < 4.78 is 11.1. The number of hydrogen-bond donors (Lipinski definition) is 1. The molecule has 0 aliphatic heterocycles. The van der Waals surface area contributed by atoms with Crippen LogP contribution in [0.5, 0.6) is 5.75 Å². The summed E-state index contributed by atoms with van der Waals surface area (Å²) in [5, 5.41) is 7.79. The molecule has 0 radical (unpaired) electrons. The van der Waals surface area contributed by atoms with E-state index in [9.17, 15) is 0 Å². The van der Waals surface area contributed by atoms with Crippen molar-refractivity contribution in [2.45, 2.75) is 26.9 Å². The molecule has 0 saturated heterocycles. The number of nitrogens with two attached hydrogens (primary N) is 1. The molecule has 5 nitrogen and oxygen atoms in total. The van der Waals surface area contributed by atoms with Crippen LogP contribution in [0.25, 0.3) is 0 Å². The molecule has 0 fully saturated rings. The van der Waals surface area contributed by atoms with Crippen molar-refractivity contribution in [2.75, 3.05) is 6.54 Å². The van der Waals surface area contributed by atoms with Gasteiger partial charge < -0.3 is 14.9 Å². The largest absolute Gasteiger partial charge is 0.484 e. The van der Waals surface area contributed by atoms with Crippen LogP contribution in [0, 0.1) is 13.8 Å². The number of ether oxygens (including phenoxy) is 1. The van der Waals surface area contributed by atoms with Crippen LogP contribution in [0.2, 0.25) is 0 Å². The minimum absolute atomic E-state index is 0.280. The van der Waals surface area contributed by atoms with Crippen molar-refractivity contribution in [1.29, 1.82) is 0 Å². The highest BCUT2D eigenvalue weighted by molar-refractivity contribution is 5.38. The smallest absolute Gasteiger partial charge is 0.253 e. The van der Waals surface area contributed by atoms with Gasteiger partial charge in [0, 0.05) is 13.0 Å². The molecule has 0 atom stereocenters. The summed E-state index contributed by atoms with van der Waals surface area (Å²) in [6.45, 7) is 4.86. The molecule has 0 aliphatic rings. The number of hydrogen-bond acceptors (Lipinski definition) is 5. The Morgan fingerprint density at radius 1 is 1.22 bits per heavy atom. The summed E-state index contributed by atoms with van der Waals surface area (Å²) >= 11 is 0. The zero-order valence-corrected chi connectivity index (χ0v) is 10.6. The van der Waals surface area contributed by atoms with Crippen LogP contribution >= 0.6 is 0 Å². The lowest BCUT2D eigenvalue weighted by Gasteiger charge is -2.08. The second-order valence-corrected chi connectivity index (χ2v) is 4.11. The molecular formula is C13H17N3O2. The highest BCUT2D eigenvalue weighted by Gasteiger charge is 2.07. The van der Waals surface area contributed by atoms with Crippen LogP contribution in [-0.2, 0) is 13.0 Å². The maximum Gasteiger partial charge on any atom is 0.253 e. The van der Waals surface area contributed by atoms with Crippen LogP contribution in [0.4, 0.5) is 0 Å². The second kappa shape index (κ2) is 5.64. The maximum atomic E-state index is 5.67. The first-order chi connectivity index (χ1) is 8.70. The molecule has 1 aromatic carbocycles. The van der Waals surface area contributed by atoms with Gasteiger partial charge in [0.15, 0.2) is 6.61 Å². The van der Waals surface area contributed by atoms with Crippen molar-refractivity contribution < 1.29 is 9.15 Å². The molecule has 1 aromatic heterocycles. The molecule has 18 heavy (non-hydrogen) atoms. The van der Waals surface area contributed by atoms with Crippen molar-refractivity contribution in [1.82, 2.24) is 10.2 Å². The predicted octanol–water partition coefficient (Wildman–Crippen LogP) is 1.77. The summed E-state index contributed by atoms with van der Waals surface area (Å²) in [6.07, 6.45) is 0.594. The number of benzene rings is 1. The van der Waals surface area contributed by atoms with Gasteiger partial charge in [0.25, 0.3) is 5.89 Å². The standard InChI is InChI=1S/C13H17N3O2/c1-9-4-3-5-11(10(9)2)17-8-13-16-15-12(18-13)6-7-14/h3-5H,6-8,14H2,1-2H3. The van der Waals surface area contributed by atoms with E-state index in [-0.39, 0.29) is 6.61 Å². The summed E-state index contributed by atoms with van der Waals surface area (Å²) in [5.74, 6) is 1.87. The summed E-state index contributed by atoms with van der Waals surface area (Å²) in [4.78, 5) is 0. The van der Waals surface area contributed by atoms with Gasteiger partial charge in [-0.05, 0) is 31.0 Å². The summed E-state index contributed by atoms with van der Waals surface area (Å²) in [5.41, 5.74) is 7.73. The molecule has 96 valence electrons. The highest BCUT2D eigenvalue weighted by atomic mass is 16.5. The van der Waals surface area contributed by atoms with Crippen molar-refractivity contribution in [2.24, 2.45) is 5.73 Å². The number of rotatable bonds is 5. The minimum Gasteiger partial charge on any atom is -0.484 e. The van der Waals surface area contributed by atoms with E-state index in [1.165, 1.54) is 5.56 Å². The van der Waals surface area contributed by atoms with E-state index >= 15 is 0 Å². The highest BCUT2D eigenvalue weighted by Crippen LogP contribution is 2.21. The minimum atomic E-state index is 0.280. The second-order valence-electron chi connectivity index (χ2n) is 4.11. The van der Waals surface area contributed by atoms with Crippen molar-refractivity contribution >= 4 is 0 Å². The molecule has 0 saturated carbocycles. The average Bonchev–Trinajstić information content (AvgIpc) is 2.79. The maximum absolute atomic E-state index is 5.67. The van der Waals surface area contributed by atoms with E-state index < -0.39 is 0 Å². The van der Waals surface area contributed by atoms with Crippen LogP contribution in [0.15, 0.2) is 22.6 Å². The van der Waals surface area contributed by atoms with Gasteiger partial charge in [-0.2, -0.15) is 0 Å². The van der Waals surface area contributed by atoms with Gasteiger partial charge in [0.2, 0.25) is 5.89 Å². The third-order valence-electron chi connectivity index (χ3n) is 2.77. The lowest BCUT2D eigenvalue weighted by Crippen LogP contribution is -2.02. The van der Waals surface area contributed by atoms with Gasteiger partial charge in [-0.15, -0.1) is 10.2 Å². The molecule has 2 N–H and O–H groups in total. The van der Waals surface area contributed by atoms with Crippen molar-refractivity contribution in [3.8, 4) is 5.75 Å². The fraction of sp³-hybridized carbons (Fsp3) is 0.385. The van der Waals surface area contributed by atoms with Gasteiger partial charge in [0.1, 0.15) is 5.75 Å². The SMILES string of the molecule is Cc1cccc(OCc2nnc(CCN)o2)c1C. The molecule has 5 heteroatoms. The topological polar surface area (TPSA) is 74.2 Å². The van der Waals surface area contributed by atoms with Crippen molar-refractivity contribution in [3.63, 3.8) is 0 Å². The monoisotopic (exact) mass is 247 g/mol. The molecule has 0 bridgehead atoms. The first-order valence-electron chi connectivity index (χ1n) is 5.91. The molecular weight excluding hydrogens is 230 g/mol. The first-order valence-corrected chi connectivity index (χ1v) is 5.91. The number of aryl methyl sites for hydroxylation is 1. The van der Waals surface area contributed by atoms with E-state index in [1.807, 2.05) is 32.0 Å². The van der Waals surface area contributed by atoms with E-state index in [0.29, 0.717) is 24.7 Å². The third-order valence-corrected chi connectivity index (χ3v) is 2.77. The van der Waals surface area contributed by atoms with Crippen LogP contribution in [-0.4, -0.2) is 16.7 Å². The number of nitrogens with zero attached hydrogens (tertiary/aromatic N) is 2. The van der Waals surface area contributed by atoms with Crippen LogP contribution in [0.1, 0.15) is 22.9 Å². The van der Waals surface area contributed by atoms with E-state index in [0.717, 1.165) is 11.3 Å². The zero-order valence-electron chi connectivity index (χ0n) is 10.6. The number of aromatic nitrogens is 2. The Morgan fingerprint density at radius 3 is 2.78 bits per heavy atom. The molecule has 1 heterocycles. The fourth-order valence-corrected chi connectivity index (χ4v) is 1.59. The molecule has 0 aliphatic carbocycles. The Balaban J connectivity index is 2.00. The normalized spacial score (nSPS) is 10.6. The Labute approximate surface area is 106 Å². The van der Waals surface area contributed by atoms with Gasteiger partial charge >= 0.3 is 0 Å². The lowest BCUT2D eigenvalue weighted by atomic mass is 10.1. The van der Waals surface area contributed by atoms with Crippen LogP contribution < -0.4 is 10.5 Å². The summed E-state index contributed by atoms with van der Waals surface area (Å²) in [7, 11) is 0. The fourth-order valence-electron chi connectivity index (χ4n) is 1.59. The Morgan fingerprint density at radius 2 is 2.00 bits per heavy atom. The van der Waals surface area contributed by atoms with Gasteiger partial charge in [-0.1, -0.05) is 12.1 Å². The zero-order chi connectivity index (χ0) is 13.0. The van der Waals surface area contributed by atoms with Gasteiger partial charge in [0.05, 0.1) is 0 Å². The average molecular weight is 247 g/mol. The summed E-state index contributed by atoms with van der Waals surface area (Å²) in [6, 6.07) is 5.94. The van der Waals surface area contributed by atoms with Crippen LogP contribution in [0.3, 0.4) is 0 Å². The van der Waals surface area contributed by atoms with E-state index in [1.54, 1.807) is 0 Å². The Bertz CT molecular complexity index is 523. The Hall–Kier alpha value is -1.88. The molecule has 0 spiro atoms. The van der Waals surface area contributed by atoms with E-state index in [4.69, 9.17) is 14.9 Å². The molecule has 2 rings (SSSR count). The predicted molar refractivity (Wildman–Crippen MR) is 67.3 cm³/mol. The third kappa shape index (κ3) is 2.87. The molecule has 0 amide bonds. The first kappa shape index (κ1) is 12.6. The Kier molecular flexibility index (Phi) is 3.94. The quantitative estimate of drug-likeness (QED) is 0.871. The van der Waals surface area contributed by atoms with Gasteiger partial charge in [-0.3, -0.25) is 0 Å². The lowest BCUT2D eigenvalue weighted by molar-refractivity contribution is 0.257. The van der Waals surface area contributed by atoms with Crippen molar-refractivity contribution in [3.05, 3.63) is 41.1 Å². The molecule has 2 aromatic rings. The van der Waals surface area contributed by atoms with Gasteiger partial charge in [-0.25, -0.2) is 0 Å².